The molecule has 40 heavy (non-hydrogen) atoms. The minimum atomic E-state index is -0.172. The van der Waals surface area contributed by atoms with Gasteiger partial charge in [-0.2, -0.15) is 0 Å². The first-order chi connectivity index (χ1) is 19.4. The molecular weight excluding hydrogens is 518 g/mol. The summed E-state index contributed by atoms with van der Waals surface area (Å²) in [6.07, 6.45) is 10.1. The number of aryl methyl sites for hydroxylation is 2. The van der Waals surface area contributed by atoms with Gasteiger partial charge in [-0.25, -0.2) is 9.97 Å². The highest BCUT2D eigenvalue weighted by atomic mass is 32.1. The van der Waals surface area contributed by atoms with Crippen LogP contribution in [0.2, 0.25) is 0 Å². The molecule has 0 spiro atoms. The average molecular weight is 550 g/mol. The Bertz CT molecular complexity index is 1620. The van der Waals surface area contributed by atoms with Gasteiger partial charge in [-0.1, -0.05) is 60.8 Å². The molecule has 4 aromatic rings. The number of anilines is 1. The van der Waals surface area contributed by atoms with E-state index in [-0.39, 0.29) is 11.7 Å². The standard InChI is InChI=1S/C31H31N7OS/c32-16-18-37(28-7-3-4-17-35-28)31(39)23-13-14-26-25(19-23)36-29(38(26)20-24-5-1-2-6-27(24)40)15-10-21-8-11-22(12-9-21)30(33)34/h1-5,7-9,11-14,17,19H,6,10,15-16,18,20,32H2,(H3,33,34). The first-order valence-electron chi connectivity index (χ1n) is 13.2. The number of fused-ring (bicyclic) bond motifs is 1. The molecule has 2 aromatic heterocycles. The Morgan fingerprint density at radius 1 is 1.07 bits per heavy atom. The second kappa shape index (κ2) is 12.1. The van der Waals surface area contributed by atoms with Crippen LogP contribution in [0.4, 0.5) is 5.82 Å². The van der Waals surface area contributed by atoms with Crippen molar-refractivity contribution < 1.29 is 4.79 Å². The number of benzene rings is 2. The molecule has 202 valence electrons. The summed E-state index contributed by atoms with van der Waals surface area (Å²) < 4.78 is 2.20. The number of aromatic nitrogens is 3. The molecule has 8 nitrogen and oxygen atoms in total. The number of nitrogens with one attached hydrogen (secondary N) is 1. The normalized spacial score (nSPS) is 12.9. The van der Waals surface area contributed by atoms with Crippen LogP contribution in [-0.4, -0.2) is 44.2 Å². The van der Waals surface area contributed by atoms with E-state index in [1.807, 2.05) is 60.7 Å². The lowest BCUT2D eigenvalue weighted by molar-refractivity contribution is 0.0987. The number of nitrogens with zero attached hydrogens (tertiary/aromatic N) is 4. The lowest BCUT2D eigenvalue weighted by Crippen LogP contribution is -2.36. The topological polar surface area (TPSA) is 127 Å². The van der Waals surface area contributed by atoms with Gasteiger partial charge in [0.25, 0.3) is 5.91 Å². The van der Waals surface area contributed by atoms with Gasteiger partial charge in [0.05, 0.1) is 17.6 Å². The van der Waals surface area contributed by atoms with Crippen molar-refractivity contribution in [3.05, 3.63) is 113 Å². The van der Waals surface area contributed by atoms with E-state index in [0.29, 0.717) is 43.0 Å². The molecule has 0 unspecified atom stereocenters. The molecule has 0 radical (unpaired) electrons. The first kappa shape index (κ1) is 27.1. The smallest absolute Gasteiger partial charge is 0.259 e. The Balaban J connectivity index is 1.48. The second-order valence-electron chi connectivity index (χ2n) is 9.61. The third-order valence-corrected chi connectivity index (χ3v) is 7.35. The van der Waals surface area contributed by atoms with Crippen molar-refractivity contribution in [2.24, 2.45) is 11.5 Å². The van der Waals surface area contributed by atoms with Crippen molar-refractivity contribution in [1.29, 1.82) is 5.41 Å². The average Bonchev–Trinajstić information content (AvgIpc) is 3.32. The molecule has 5 rings (SSSR count). The first-order valence-corrected chi connectivity index (χ1v) is 13.6. The molecule has 1 aliphatic rings. The fraction of sp³-hybridized carbons (Fsp3) is 0.194. The van der Waals surface area contributed by atoms with Gasteiger partial charge in [0.15, 0.2) is 0 Å². The van der Waals surface area contributed by atoms with Gasteiger partial charge in [-0.15, -0.1) is 0 Å². The molecule has 9 heteroatoms. The predicted molar refractivity (Wildman–Crippen MR) is 164 cm³/mol. The number of carbonyl (C=O) groups is 1. The maximum Gasteiger partial charge on any atom is 0.259 e. The van der Waals surface area contributed by atoms with Gasteiger partial charge >= 0.3 is 0 Å². The van der Waals surface area contributed by atoms with Gasteiger partial charge in [0.1, 0.15) is 17.5 Å². The Morgan fingerprint density at radius 3 is 2.58 bits per heavy atom. The van der Waals surface area contributed by atoms with Crippen molar-refractivity contribution in [3.63, 3.8) is 0 Å². The van der Waals surface area contributed by atoms with Gasteiger partial charge in [-0.3, -0.25) is 15.1 Å². The van der Waals surface area contributed by atoms with Gasteiger partial charge in [0.2, 0.25) is 0 Å². The van der Waals surface area contributed by atoms with Crippen LogP contribution >= 0.6 is 12.2 Å². The molecule has 0 fully saturated rings. The lowest BCUT2D eigenvalue weighted by Gasteiger charge is -2.21. The largest absolute Gasteiger partial charge is 0.384 e. The monoisotopic (exact) mass is 549 g/mol. The number of amidine groups is 1. The fourth-order valence-corrected chi connectivity index (χ4v) is 5.03. The zero-order valence-electron chi connectivity index (χ0n) is 22.1. The molecule has 0 aliphatic heterocycles. The summed E-state index contributed by atoms with van der Waals surface area (Å²) in [6, 6.07) is 18.8. The molecule has 0 bridgehead atoms. The van der Waals surface area contributed by atoms with Crippen molar-refractivity contribution in [1.82, 2.24) is 14.5 Å². The summed E-state index contributed by atoms with van der Waals surface area (Å²) >= 11 is 5.65. The Labute approximate surface area is 238 Å². The SMILES string of the molecule is N=C(N)c1ccc(CCc2nc3cc(C(=O)N(CCN)c4ccccn4)ccc3n2CC2=CC=CCC2=S)cc1. The van der Waals surface area contributed by atoms with Gasteiger partial charge in [0, 0.05) is 48.1 Å². The Hall–Kier alpha value is -4.47. The number of allylic oxidation sites excluding steroid dienone is 4. The fourth-order valence-electron chi connectivity index (χ4n) is 4.80. The number of hydrogen-bond donors (Lipinski definition) is 3. The van der Waals surface area contributed by atoms with E-state index in [9.17, 15) is 4.79 Å². The number of rotatable bonds is 10. The predicted octanol–water partition coefficient (Wildman–Crippen LogP) is 4.36. The number of imidazole rings is 1. The van der Waals surface area contributed by atoms with E-state index in [1.165, 1.54) is 0 Å². The van der Waals surface area contributed by atoms with Crippen LogP contribution in [0, 0.1) is 5.41 Å². The van der Waals surface area contributed by atoms with Crippen LogP contribution in [0.1, 0.15) is 33.7 Å². The Morgan fingerprint density at radius 2 is 1.88 bits per heavy atom. The van der Waals surface area contributed by atoms with E-state index in [1.54, 1.807) is 17.2 Å². The van der Waals surface area contributed by atoms with Crippen molar-refractivity contribution in [3.8, 4) is 0 Å². The minimum absolute atomic E-state index is 0.0533. The molecule has 1 aliphatic carbocycles. The number of nitrogens with two attached hydrogens (primary N) is 2. The van der Waals surface area contributed by atoms with Crippen LogP contribution in [0.5, 0.6) is 0 Å². The molecule has 0 saturated heterocycles. The highest BCUT2D eigenvalue weighted by molar-refractivity contribution is 7.80. The quantitative estimate of drug-likeness (QED) is 0.153. The number of hydrogen-bond acceptors (Lipinski definition) is 6. The van der Waals surface area contributed by atoms with Gasteiger partial charge < -0.3 is 16.0 Å². The van der Waals surface area contributed by atoms with Crippen LogP contribution in [0.25, 0.3) is 11.0 Å². The molecule has 2 heterocycles. The highest BCUT2D eigenvalue weighted by Gasteiger charge is 2.21. The number of amides is 1. The molecule has 0 saturated carbocycles. The van der Waals surface area contributed by atoms with Crippen LogP contribution in [0.3, 0.4) is 0 Å². The zero-order chi connectivity index (χ0) is 28.1. The van der Waals surface area contributed by atoms with Crippen molar-refractivity contribution in [2.45, 2.75) is 25.8 Å². The van der Waals surface area contributed by atoms with Gasteiger partial charge in [-0.05, 0) is 47.9 Å². The summed E-state index contributed by atoms with van der Waals surface area (Å²) in [6.45, 7) is 1.29. The summed E-state index contributed by atoms with van der Waals surface area (Å²) in [5, 5.41) is 7.62. The summed E-state index contributed by atoms with van der Waals surface area (Å²) in [5.74, 6) is 1.36. The summed E-state index contributed by atoms with van der Waals surface area (Å²) in [5.41, 5.74) is 16.6. The third-order valence-electron chi connectivity index (χ3n) is 6.92. The maximum atomic E-state index is 13.6. The number of thiocarbonyl (C=S) groups is 1. The maximum absolute atomic E-state index is 13.6. The molecule has 2 aromatic carbocycles. The van der Waals surface area contributed by atoms with Crippen LogP contribution < -0.4 is 16.4 Å². The molecule has 0 atom stereocenters. The van der Waals surface area contributed by atoms with Crippen molar-refractivity contribution in [2.75, 3.05) is 18.0 Å². The number of carbonyl (C=O) groups excluding carboxylic acids is 1. The van der Waals surface area contributed by atoms with E-state index < -0.39 is 0 Å². The zero-order valence-corrected chi connectivity index (χ0v) is 22.9. The molecule has 1 amide bonds. The highest BCUT2D eigenvalue weighted by Crippen LogP contribution is 2.24. The minimum Gasteiger partial charge on any atom is -0.384 e. The molecule has 5 N–H and O–H groups in total. The van der Waals surface area contributed by atoms with E-state index in [0.717, 1.165) is 45.7 Å². The van der Waals surface area contributed by atoms with Crippen LogP contribution in [0.15, 0.2) is 90.7 Å². The third kappa shape index (κ3) is 5.90. The molecular formula is C31H31N7OS. The van der Waals surface area contributed by atoms with E-state index in [4.69, 9.17) is 34.1 Å². The Kier molecular flexibility index (Phi) is 8.23. The summed E-state index contributed by atoms with van der Waals surface area (Å²) in [4.78, 5) is 25.4. The van der Waals surface area contributed by atoms with Crippen LogP contribution in [-0.2, 0) is 19.4 Å². The summed E-state index contributed by atoms with van der Waals surface area (Å²) in [7, 11) is 0. The van der Waals surface area contributed by atoms with E-state index in [2.05, 4.69) is 21.7 Å². The van der Waals surface area contributed by atoms with E-state index >= 15 is 0 Å². The lowest BCUT2D eigenvalue weighted by atomic mass is 10.0. The number of nitrogen functional groups attached to an aromatic ring is 1. The van der Waals surface area contributed by atoms with Crippen molar-refractivity contribution >= 4 is 45.7 Å². The second-order valence-corrected chi connectivity index (χ2v) is 10.1. The number of pyridine rings is 1.